The number of aromatic nitrogens is 3. The average molecular weight is 275 g/mol. The van der Waals surface area contributed by atoms with Gasteiger partial charge in [0.05, 0.1) is 25.0 Å². The van der Waals surface area contributed by atoms with Crippen molar-refractivity contribution in [3.8, 4) is 5.75 Å². The summed E-state index contributed by atoms with van der Waals surface area (Å²) in [5.41, 5.74) is 6.00. The molecular weight excluding hydrogens is 254 g/mol. The molecule has 2 rings (SSSR count). The zero-order valence-electron chi connectivity index (χ0n) is 12.1. The molecule has 2 aromatic heterocycles. The van der Waals surface area contributed by atoms with Crippen LogP contribution >= 0.6 is 0 Å². The van der Waals surface area contributed by atoms with Gasteiger partial charge in [0.2, 0.25) is 0 Å². The first-order chi connectivity index (χ1) is 9.69. The summed E-state index contributed by atoms with van der Waals surface area (Å²) >= 11 is 0. The predicted octanol–water partition coefficient (Wildman–Crippen LogP) is 1.36. The van der Waals surface area contributed by atoms with Gasteiger partial charge in [-0.15, -0.1) is 0 Å². The van der Waals surface area contributed by atoms with E-state index in [1.54, 1.807) is 19.5 Å². The van der Waals surface area contributed by atoms with E-state index in [0.29, 0.717) is 0 Å². The number of ether oxygens (including phenoxy) is 1. The summed E-state index contributed by atoms with van der Waals surface area (Å²) in [4.78, 5) is 4.07. The van der Waals surface area contributed by atoms with Crippen molar-refractivity contribution in [1.29, 1.82) is 0 Å². The van der Waals surface area contributed by atoms with Crippen LogP contribution in [0, 0.1) is 6.92 Å². The lowest BCUT2D eigenvalue weighted by Gasteiger charge is -2.19. The maximum absolute atomic E-state index is 5.72. The van der Waals surface area contributed by atoms with Crippen molar-refractivity contribution >= 4 is 0 Å². The number of nitrogens with two attached hydrogens (primary N) is 1. The average Bonchev–Trinajstić information content (AvgIpc) is 2.84. The van der Waals surface area contributed by atoms with Crippen molar-refractivity contribution in [2.24, 2.45) is 5.84 Å². The van der Waals surface area contributed by atoms with Gasteiger partial charge in [-0.1, -0.05) is 0 Å². The molecule has 2 heterocycles. The molecule has 0 amide bonds. The molecule has 0 aromatic carbocycles. The van der Waals surface area contributed by atoms with Crippen LogP contribution in [0.25, 0.3) is 0 Å². The van der Waals surface area contributed by atoms with Gasteiger partial charge in [0.25, 0.3) is 0 Å². The summed E-state index contributed by atoms with van der Waals surface area (Å²) in [5.74, 6) is 6.45. The van der Waals surface area contributed by atoms with Crippen LogP contribution in [0.3, 0.4) is 0 Å². The second-order valence-electron chi connectivity index (χ2n) is 4.63. The standard InChI is InChI=1S/C14H21N5O/c1-4-19-11(7-10(2)18-19)8-13(17-15)12-5-6-16-9-14(12)20-3/h5-7,9,13,17H,4,8,15H2,1-3H3. The normalized spacial score (nSPS) is 12.4. The Morgan fingerprint density at radius 1 is 1.50 bits per heavy atom. The molecule has 2 aromatic rings. The highest BCUT2D eigenvalue weighted by Gasteiger charge is 2.17. The van der Waals surface area contributed by atoms with E-state index in [-0.39, 0.29) is 6.04 Å². The molecule has 0 saturated carbocycles. The number of nitrogens with zero attached hydrogens (tertiary/aromatic N) is 3. The molecule has 0 radical (unpaired) electrons. The van der Waals surface area contributed by atoms with Crippen LogP contribution < -0.4 is 16.0 Å². The summed E-state index contributed by atoms with van der Waals surface area (Å²) < 4.78 is 7.34. The first-order valence-corrected chi connectivity index (χ1v) is 6.67. The highest BCUT2D eigenvalue weighted by atomic mass is 16.5. The minimum atomic E-state index is -0.0469. The van der Waals surface area contributed by atoms with Gasteiger partial charge in [-0.05, 0) is 26.0 Å². The van der Waals surface area contributed by atoms with Crippen LogP contribution in [0.15, 0.2) is 24.5 Å². The van der Waals surface area contributed by atoms with Gasteiger partial charge in [0.15, 0.2) is 0 Å². The maximum Gasteiger partial charge on any atom is 0.141 e. The van der Waals surface area contributed by atoms with Crippen LogP contribution in [0.5, 0.6) is 5.75 Å². The molecule has 0 fully saturated rings. The van der Waals surface area contributed by atoms with Crippen LogP contribution in [0.4, 0.5) is 0 Å². The Balaban J connectivity index is 2.28. The van der Waals surface area contributed by atoms with Crippen LogP contribution in [-0.2, 0) is 13.0 Å². The lowest BCUT2D eigenvalue weighted by atomic mass is 10.0. The van der Waals surface area contributed by atoms with E-state index in [0.717, 1.165) is 35.7 Å². The fourth-order valence-corrected chi connectivity index (χ4v) is 2.35. The quantitative estimate of drug-likeness (QED) is 0.615. The monoisotopic (exact) mass is 275 g/mol. The Morgan fingerprint density at radius 3 is 2.95 bits per heavy atom. The molecule has 6 heteroatoms. The first kappa shape index (κ1) is 14.5. The number of hydrogen-bond donors (Lipinski definition) is 2. The molecule has 1 atom stereocenters. The maximum atomic E-state index is 5.72. The number of hydrazine groups is 1. The molecule has 0 aliphatic heterocycles. The van der Waals surface area contributed by atoms with E-state index in [4.69, 9.17) is 10.6 Å². The largest absolute Gasteiger partial charge is 0.495 e. The van der Waals surface area contributed by atoms with E-state index < -0.39 is 0 Å². The zero-order chi connectivity index (χ0) is 14.5. The Kier molecular flexibility index (Phi) is 4.70. The molecule has 0 spiro atoms. The molecule has 0 aliphatic carbocycles. The SMILES string of the molecule is CCn1nc(C)cc1CC(NN)c1ccncc1OC. The molecule has 0 bridgehead atoms. The summed E-state index contributed by atoms with van der Waals surface area (Å²) in [6.07, 6.45) is 4.18. The number of nitrogens with one attached hydrogen (secondary N) is 1. The van der Waals surface area contributed by atoms with E-state index in [1.807, 2.05) is 17.7 Å². The molecule has 3 N–H and O–H groups in total. The third-order valence-electron chi connectivity index (χ3n) is 3.31. The van der Waals surface area contributed by atoms with Gasteiger partial charge in [0, 0.05) is 30.4 Å². The summed E-state index contributed by atoms with van der Waals surface area (Å²) in [6.45, 7) is 4.91. The number of hydrogen-bond acceptors (Lipinski definition) is 5. The van der Waals surface area contributed by atoms with E-state index in [1.165, 1.54) is 0 Å². The Morgan fingerprint density at radius 2 is 2.30 bits per heavy atom. The summed E-state index contributed by atoms with van der Waals surface area (Å²) in [7, 11) is 1.63. The van der Waals surface area contributed by atoms with Crippen molar-refractivity contribution < 1.29 is 4.74 Å². The van der Waals surface area contributed by atoms with Gasteiger partial charge in [-0.2, -0.15) is 5.10 Å². The van der Waals surface area contributed by atoms with Crippen molar-refractivity contribution in [2.45, 2.75) is 32.9 Å². The predicted molar refractivity (Wildman–Crippen MR) is 77.2 cm³/mol. The van der Waals surface area contributed by atoms with Crippen LogP contribution in [-0.4, -0.2) is 21.9 Å². The number of rotatable bonds is 6. The highest BCUT2D eigenvalue weighted by molar-refractivity contribution is 5.33. The van der Waals surface area contributed by atoms with E-state index >= 15 is 0 Å². The third kappa shape index (κ3) is 2.97. The van der Waals surface area contributed by atoms with Crippen molar-refractivity contribution in [3.05, 3.63) is 41.5 Å². The Bertz CT molecular complexity index is 566. The smallest absolute Gasteiger partial charge is 0.141 e. The van der Waals surface area contributed by atoms with Crippen LogP contribution in [0.1, 0.15) is 29.9 Å². The zero-order valence-corrected chi connectivity index (χ0v) is 12.1. The lowest BCUT2D eigenvalue weighted by Crippen LogP contribution is -2.30. The van der Waals surface area contributed by atoms with E-state index in [9.17, 15) is 0 Å². The van der Waals surface area contributed by atoms with Crippen LogP contribution in [0.2, 0.25) is 0 Å². The molecule has 6 nitrogen and oxygen atoms in total. The van der Waals surface area contributed by atoms with Gasteiger partial charge in [0.1, 0.15) is 5.75 Å². The number of aryl methyl sites for hydroxylation is 2. The van der Waals surface area contributed by atoms with Gasteiger partial charge < -0.3 is 4.74 Å². The fraction of sp³-hybridized carbons (Fsp3) is 0.429. The minimum absolute atomic E-state index is 0.0469. The summed E-state index contributed by atoms with van der Waals surface area (Å²) in [5, 5.41) is 4.46. The van der Waals surface area contributed by atoms with Crippen molar-refractivity contribution in [3.63, 3.8) is 0 Å². The molecule has 0 aliphatic rings. The highest BCUT2D eigenvalue weighted by Crippen LogP contribution is 2.26. The second-order valence-corrected chi connectivity index (χ2v) is 4.63. The molecular formula is C14H21N5O. The fourth-order valence-electron chi connectivity index (χ4n) is 2.35. The molecule has 20 heavy (non-hydrogen) atoms. The number of methoxy groups -OCH3 is 1. The van der Waals surface area contributed by atoms with Gasteiger partial charge in [-0.25, -0.2) is 0 Å². The minimum Gasteiger partial charge on any atom is -0.495 e. The lowest BCUT2D eigenvalue weighted by molar-refractivity contribution is 0.395. The topological polar surface area (TPSA) is 78.0 Å². The Labute approximate surface area is 118 Å². The third-order valence-corrected chi connectivity index (χ3v) is 3.31. The molecule has 1 unspecified atom stereocenters. The second kappa shape index (κ2) is 6.49. The first-order valence-electron chi connectivity index (χ1n) is 6.67. The van der Waals surface area contributed by atoms with Gasteiger partial charge in [-0.3, -0.25) is 20.9 Å². The van der Waals surface area contributed by atoms with E-state index in [2.05, 4.69) is 28.5 Å². The molecule has 108 valence electrons. The van der Waals surface area contributed by atoms with Crippen molar-refractivity contribution in [2.75, 3.05) is 7.11 Å². The number of pyridine rings is 1. The van der Waals surface area contributed by atoms with Gasteiger partial charge >= 0.3 is 0 Å². The summed E-state index contributed by atoms with van der Waals surface area (Å²) in [6, 6.07) is 3.96. The Hall–Kier alpha value is -1.92. The molecule has 0 saturated heterocycles. The van der Waals surface area contributed by atoms with Crippen molar-refractivity contribution in [1.82, 2.24) is 20.2 Å².